The summed E-state index contributed by atoms with van der Waals surface area (Å²) in [5.74, 6) is -0.409. The smallest absolute Gasteiger partial charge is 0.269 e. The summed E-state index contributed by atoms with van der Waals surface area (Å²) in [5, 5.41) is 21.6. The maximum Gasteiger partial charge on any atom is 0.269 e. The van der Waals surface area contributed by atoms with Crippen LogP contribution in [0.5, 0.6) is 0 Å². The van der Waals surface area contributed by atoms with Gasteiger partial charge in [0.25, 0.3) is 11.6 Å². The minimum atomic E-state index is -0.544. The number of hydrogen-bond donors (Lipinski definition) is 1. The molecule has 17 heavy (non-hydrogen) atoms. The number of rotatable bonds is 4. The van der Waals surface area contributed by atoms with E-state index in [4.69, 9.17) is 5.26 Å². The van der Waals surface area contributed by atoms with Crippen molar-refractivity contribution in [1.82, 2.24) is 5.32 Å². The minimum Gasteiger partial charge on any atom is -0.336 e. The molecule has 0 aromatic heterocycles. The van der Waals surface area contributed by atoms with Crippen molar-refractivity contribution < 1.29 is 9.72 Å². The molecule has 1 aromatic carbocycles. The lowest BCUT2D eigenvalue weighted by Crippen LogP contribution is -2.33. The molecule has 0 radical (unpaired) electrons. The normalized spacial score (nSPS) is 11.3. The molecule has 0 saturated heterocycles. The maximum absolute atomic E-state index is 11.6. The quantitative estimate of drug-likeness (QED) is 0.631. The highest BCUT2D eigenvalue weighted by molar-refractivity contribution is 5.94. The van der Waals surface area contributed by atoms with Crippen molar-refractivity contribution in [3.05, 3.63) is 39.9 Å². The lowest BCUT2D eigenvalue weighted by Gasteiger charge is -2.08. The zero-order chi connectivity index (χ0) is 12.8. The molecule has 6 nitrogen and oxygen atoms in total. The topological polar surface area (TPSA) is 96.0 Å². The molecule has 0 fully saturated rings. The zero-order valence-electron chi connectivity index (χ0n) is 9.21. The highest BCUT2D eigenvalue weighted by Gasteiger charge is 2.12. The molecule has 0 saturated carbocycles. The largest absolute Gasteiger partial charge is 0.336 e. The second-order valence-electron chi connectivity index (χ2n) is 3.37. The second kappa shape index (κ2) is 5.61. The molecule has 0 spiro atoms. The van der Waals surface area contributed by atoms with E-state index in [1.807, 2.05) is 6.07 Å². The molecule has 1 aromatic rings. The van der Waals surface area contributed by atoms with Crippen LogP contribution in [0.15, 0.2) is 24.3 Å². The molecule has 0 bridgehead atoms. The number of non-ortho nitro benzene ring substituents is 1. The van der Waals surface area contributed by atoms with Gasteiger partial charge in [0.05, 0.1) is 11.0 Å². The van der Waals surface area contributed by atoms with E-state index in [9.17, 15) is 14.9 Å². The Bertz CT molecular complexity index is 462. The van der Waals surface area contributed by atoms with E-state index in [0.717, 1.165) is 0 Å². The van der Waals surface area contributed by atoms with E-state index in [2.05, 4.69) is 5.32 Å². The van der Waals surface area contributed by atoms with Gasteiger partial charge >= 0.3 is 0 Å². The predicted molar refractivity (Wildman–Crippen MR) is 60.3 cm³/mol. The molecule has 0 aliphatic rings. The predicted octanol–water partition coefficient (Wildman–Crippen LogP) is 1.63. The SMILES string of the molecule is CCC(C#N)NC(=O)c1ccc([N+](=O)[O-])cc1. The van der Waals surface area contributed by atoms with Crippen LogP contribution in [0, 0.1) is 21.4 Å². The molecule has 0 heterocycles. The number of carbonyl (C=O) groups excluding carboxylic acids is 1. The molecule has 1 amide bonds. The number of nitro benzene ring substituents is 1. The zero-order valence-corrected chi connectivity index (χ0v) is 9.21. The summed E-state index contributed by atoms with van der Waals surface area (Å²) in [6, 6.07) is 6.62. The third kappa shape index (κ3) is 3.28. The van der Waals surface area contributed by atoms with Crippen molar-refractivity contribution in [3.8, 4) is 6.07 Å². The summed E-state index contributed by atoms with van der Waals surface area (Å²) >= 11 is 0. The third-order valence-electron chi connectivity index (χ3n) is 2.21. The summed E-state index contributed by atoms with van der Waals surface area (Å²) in [6.45, 7) is 1.78. The number of nitriles is 1. The van der Waals surface area contributed by atoms with E-state index in [-0.39, 0.29) is 5.69 Å². The van der Waals surface area contributed by atoms with Crippen LogP contribution < -0.4 is 5.32 Å². The molecular weight excluding hydrogens is 222 g/mol. The van der Waals surface area contributed by atoms with Crippen molar-refractivity contribution in [3.63, 3.8) is 0 Å². The van der Waals surface area contributed by atoms with E-state index < -0.39 is 16.9 Å². The van der Waals surface area contributed by atoms with E-state index in [1.165, 1.54) is 24.3 Å². The first-order chi connectivity index (χ1) is 8.08. The number of amides is 1. The summed E-state index contributed by atoms with van der Waals surface area (Å²) < 4.78 is 0. The van der Waals surface area contributed by atoms with Gasteiger partial charge in [-0.25, -0.2) is 0 Å². The molecule has 0 aliphatic heterocycles. The number of nitro groups is 1. The molecule has 1 rings (SSSR count). The monoisotopic (exact) mass is 233 g/mol. The first kappa shape index (κ1) is 12.6. The maximum atomic E-state index is 11.6. The standard InChI is InChI=1S/C11H11N3O3/c1-2-9(7-12)13-11(15)8-3-5-10(6-4-8)14(16)17/h3-6,9H,2H2,1H3,(H,13,15). The van der Waals surface area contributed by atoms with Crippen LogP contribution >= 0.6 is 0 Å². The molecule has 1 N–H and O–H groups in total. The lowest BCUT2D eigenvalue weighted by atomic mass is 10.1. The average Bonchev–Trinajstić information content (AvgIpc) is 2.35. The van der Waals surface area contributed by atoms with Gasteiger partial charge in [-0.3, -0.25) is 14.9 Å². The van der Waals surface area contributed by atoms with Crippen LogP contribution in [0.3, 0.4) is 0 Å². The number of benzene rings is 1. The van der Waals surface area contributed by atoms with Crippen LogP contribution in [-0.4, -0.2) is 16.9 Å². The molecule has 88 valence electrons. The van der Waals surface area contributed by atoms with Gasteiger partial charge < -0.3 is 5.32 Å². The second-order valence-corrected chi connectivity index (χ2v) is 3.37. The number of carbonyl (C=O) groups is 1. The lowest BCUT2D eigenvalue weighted by molar-refractivity contribution is -0.384. The molecule has 0 aliphatic carbocycles. The van der Waals surface area contributed by atoms with Crippen LogP contribution in [0.2, 0.25) is 0 Å². The Balaban J connectivity index is 2.77. The van der Waals surface area contributed by atoms with Gasteiger partial charge in [0, 0.05) is 17.7 Å². The first-order valence-corrected chi connectivity index (χ1v) is 5.03. The van der Waals surface area contributed by atoms with Gasteiger partial charge in [-0.15, -0.1) is 0 Å². The Morgan fingerprint density at radius 1 is 1.53 bits per heavy atom. The van der Waals surface area contributed by atoms with Crippen molar-refractivity contribution in [2.45, 2.75) is 19.4 Å². The molecule has 6 heteroatoms. The van der Waals surface area contributed by atoms with Crippen LogP contribution in [0.25, 0.3) is 0 Å². The highest BCUT2D eigenvalue weighted by Crippen LogP contribution is 2.11. The van der Waals surface area contributed by atoms with Gasteiger partial charge in [-0.2, -0.15) is 5.26 Å². The van der Waals surface area contributed by atoms with E-state index in [0.29, 0.717) is 12.0 Å². The number of hydrogen-bond acceptors (Lipinski definition) is 4. The Morgan fingerprint density at radius 2 is 2.12 bits per heavy atom. The van der Waals surface area contributed by atoms with Gasteiger partial charge in [-0.05, 0) is 18.6 Å². The molecule has 1 atom stereocenters. The summed E-state index contributed by atoms with van der Waals surface area (Å²) in [6.07, 6.45) is 0.509. The van der Waals surface area contributed by atoms with Gasteiger partial charge in [-0.1, -0.05) is 6.92 Å². The van der Waals surface area contributed by atoms with Crippen molar-refractivity contribution in [2.75, 3.05) is 0 Å². The van der Waals surface area contributed by atoms with Crippen LogP contribution in [0.4, 0.5) is 5.69 Å². The highest BCUT2D eigenvalue weighted by atomic mass is 16.6. The number of nitrogens with zero attached hydrogens (tertiary/aromatic N) is 2. The van der Waals surface area contributed by atoms with E-state index >= 15 is 0 Å². The van der Waals surface area contributed by atoms with Crippen molar-refractivity contribution in [1.29, 1.82) is 5.26 Å². The van der Waals surface area contributed by atoms with Gasteiger partial charge in [0.1, 0.15) is 6.04 Å². The Kier molecular flexibility index (Phi) is 4.17. The fourth-order valence-corrected chi connectivity index (χ4v) is 1.20. The fourth-order valence-electron chi connectivity index (χ4n) is 1.20. The summed E-state index contributed by atoms with van der Waals surface area (Å²) in [7, 11) is 0. The molecular formula is C11H11N3O3. The first-order valence-electron chi connectivity index (χ1n) is 5.03. The van der Waals surface area contributed by atoms with Crippen LogP contribution in [0.1, 0.15) is 23.7 Å². The minimum absolute atomic E-state index is 0.0751. The van der Waals surface area contributed by atoms with Crippen LogP contribution in [-0.2, 0) is 0 Å². The fraction of sp³-hybridized carbons (Fsp3) is 0.273. The Hall–Kier alpha value is -2.42. The Labute approximate surface area is 98.0 Å². The molecule has 1 unspecified atom stereocenters. The van der Waals surface area contributed by atoms with Crippen molar-refractivity contribution in [2.24, 2.45) is 0 Å². The van der Waals surface area contributed by atoms with Gasteiger partial charge in [0.2, 0.25) is 0 Å². The third-order valence-corrected chi connectivity index (χ3v) is 2.21. The van der Waals surface area contributed by atoms with Gasteiger partial charge in [0.15, 0.2) is 0 Å². The number of nitrogens with one attached hydrogen (secondary N) is 1. The van der Waals surface area contributed by atoms with E-state index in [1.54, 1.807) is 6.92 Å². The van der Waals surface area contributed by atoms with Crippen molar-refractivity contribution >= 4 is 11.6 Å². The summed E-state index contributed by atoms with van der Waals surface area (Å²) in [4.78, 5) is 21.5. The summed E-state index contributed by atoms with van der Waals surface area (Å²) in [5.41, 5.74) is 0.221. The Morgan fingerprint density at radius 3 is 2.53 bits per heavy atom. The average molecular weight is 233 g/mol.